The van der Waals surface area contributed by atoms with E-state index in [0.29, 0.717) is 23.8 Å². The van der Waals surface area contributed by atoms with E-state index in [9.17, 15) is 4.39 Å². The van der Waals surface area contributed by atoms with Crippen molar-refractivity contribution in [2.75, 3.05) is 59.5 Å². The summed E-state index contributed by atoms with van der Waals surface area (Å²) >= 11 is 0. The minimum atomic E-state index is -0.216. The molecule has 1 heterocycles. The lowest BCUT2D eigenvalue weighted by molar-refractivity contribution is 0.361. The number of hydrogen-bond donors (Lipinski definition) is 1. The third kappa shape index (κ3) is 4.87. The molecule has 2 aromatic carbocycles. The third-order valence-electron chi connectivity index (χ3n) is 5.22. The molecule has 2 aromatic rings. The Kier molecular flexibility index (Phi) is 7.21. The second-order valence-electron chi connectivity index (χ2n) is 6.86. The Balaban J connectivity index is 1.64. The van der Waals surface area contributed by atoms with E-state index in [1.807, 2.05) is 24.3 Å². The Hall–Kier alpha value is -3.16. The largest absolute Gasteiger partial charge is 0.496 e. The van der Waals surface area contributed by atoms with Crippen LogP contribution in [0.2, 0.25) is 0 Å². The number of nitrogens with one attached hydrogen (secondary N) is 1. The topological polar surface area (TPSA) is 58.6 Å². The number of halogens is 1. The monoisotopic (exact) mass is 416 g/mol. The van der Waals surface area contributed by atoms with Gasteiger partial charge in [0, 0.05) is 51.0 Å². The molecule has 1 N–H and O–H groups in total. The normalized spacial score (nSPS) is 14.5. The first-order valence-corrected chi connectivity index (χ1v) is 9.84. The van der Waals surface area contributed by atoms with Crippen LogP contribution in [0.4, 0.5) is 10.1 Å². The molecule has 0 spiro atoms. The van der Waals surface area contributed by atoms with Crippen molar-refractivity contribution < 1.29 is 18.6 Å². The van der Waals surface area contributed by atoms with Crippen molar-refractivity contribution in [1.82, 2.24) is 10.2 Å². The smallest absolute Gasteiger partial charge is 0.194 e. The van der Waals surface area contributed by atoms with Crippen LogP contribution < -0.4 is 24.4 Å². The minimum absolute atomic E-state index is 0.216. The number of aliphatic imine (C=N–C) groups is 1. The lowest BCUT2D eigenvalue weighted by Crippen LogP contribution is -2.52. The maximum absolute atomic E-state index is 13.2. The number of hydrogen-bond acceptors (Lipinski definition) is 5. The fraction of sp³-hybridized carbons (Fsp3) is 0.409. The van der Waals surface area contributed by atoms with E-state index in [1.54, 1.807) is 28.4 Å². The van der Waals surface area contributed by atoms with Crippen molar-refractivity contribution in [3.05, 3.63) is 47.8 Å². The van der Waals surface area contributed by atoms with Crippen LogP contribution in [0.1, 0.15) is 5.56 Å². The lowest BCUT2D eigenvalue weighted by atomic mass is 10.1. The highest BCUT2D eigenvalue weighted by Crippen LogP contribution is 2.33. The average Bonchev–Trinajstić information content (AvgIpc) is 2.80. The molecule has 0 bridgehead atoms. The summed E-state index contributed by atoms with van der Waals surface area (Å²) in [5, 5.41) is 3.41. The number of rotatable bonds is 6. The van der Waals surface area contributed by atoms with E-state index in [2.05, 4.69) is 20.1 Å². The van der Waals surface area contributed by atoms with Crippen LogP contribution in [0.3, 0.4) is 0 Å². The number of nitrogens with zero attached hydrogens (tertiary/aromatic N) is 3. The second kappa shape index (κ2) is 10.0. The highest BCUT2D eigenvalue weighted by molar-refractivity contribution is 5.80. The summed E-state index contributed by atoms with van der Waals surface area (Å²) in [6.07, 6.45) is 0. The lowest BCUT2D eigenvalue weighted by Gasteiger charge is -2.37. The minimum Gasteiger partial charge on any atom is -0.496 e. The standard InChI is InChI=1S/C22H29FN4O3/c1-24-22(25-15-19-20(29-3)13-18(28-2)14-21(19)30-4)27-11-9-26(10-12-27)17-7-5-16(23)6-8-17/h5-8,13-14H,9-12,15H2,1-4H3,(H,24,25). The van der Waals surface area contributed by atoms with E-state index in [0.717, 1.165) is 43.4 Å². The molecule has 7 nitrogen and oxygen atoms in total. The van der Waals surface area contributed by atoms with Gasteiger partial charge in [0.2, 0.25) is 0 Å². The molecule has 30 heavy (non-hydrogen) atoms. The van der Waals surface area contributed by atoms with Gasteiger partial charge in [0.1, 0.15) is 23.1 Å². The third-order valence-corrected chi connectivity index (χ3v) is 5.22. The zero-order valence-corrected chi connectivity index (χ0v) is 17.9. The summed E-state index contributed by atoms with van der Waals surface area (Å²) in [7, 11) is 6.64. The van der Waals surface area contributed by atoms with Gasteiger partial charge in [0.25, 0.3) is 0 Å². The fourth-order valence-electron chi connectivity index (χ4n) is 3.58. The highest BCUT2D eigenvalue weighted by atomic mass is 19.1. The van der Waals surface area contributed by atoms with E-state index >= 15 is 0 Å². The van der Waals surface area contributed by atoms with Gasteiger partial charge in [-0.05, 0) is 24.3 Å². The molecule has 3 rings (SSSR count). The average molecular weight is 416 g/mol. The molecule has 0 aromatic heterocycles. The van der Waals surface area contributed by atoms with Gasteiger partial charge < -0.3 is 29.3 Å². The summed E-state index contributed by atoms with van der Waals surface area (Å²) in [4.78, 5) is 8.90. The molecule has 0 unspecified atom stereocenters. The molecule has 0 radical (unpaired) electrons. The first kappa shape index (κ1) is 21.5. The van der Waals surface area contributed by atoms with Crippen LogP contribution in [-0.4, -0.2) is 65.4 Å². The molecule has 0 atom stereocenters. The molecular weight excluding hydrogens is 387 g/mol. The predicted molar refractivity (Wildman–Crippen MR) is 116 cm³/mol. The molecule has 0 aliphatic carbocycles. The Morgan fingerprint density at radius 2 is 1.57 bits per heavy atom. The molecule has 1 saturated heterocycles. The molecule has 162 valence electrons. The van der Waals surface area contributed by atoms with Gasteiger partial charge in [-0.25, -0.2) is 4.39 Å². The number of methoxy groups -OCH3 is 3. The van der Waals surface area contributed by atoms with Crippen LogP contribution >= 0.6 is 0 Å². The summed E-state index contributed by atoms with van der Waals surface area (Å²) in [6.45, 7) is 3.80. The first-order chi connectivity index (χ1) is 14.6. The van der Waals surface area contributed by atoms with Crippen molar-refractivity contribution in [2.24, 2.45) is 4.99 Å². The second-order valence-corrected chi connectivity index (χ2v) is 6.86. The maximum atomic E-state index is 13.2. The van der Waals surface area contributed by atoms with Crippen molar-refractivity contribution in [3.8, 4) is 17.2 Å². The molecule has 1 aliphatic rings. The van der Waals surface area contributed by atoms with Gasteiger partial charge in [-0.3, -0.25) is 4.99 Å². The Morgan fingerprint density at radius 3 is 2.07 bits per heavy atom. The number of anilines is 1. The SMILES string of the molecule is CN=C(NCc1c(OC)cc(OC)cc1OC)N1CCN(c2ccc(F)cc2)CC1. The molecule has 0 amide bonds. The van der Waals surface area contributed by atoms with Gasteiger partial charge in [-0.1, -0.05) is 0 Å². The maximum Gasteiger partial charge on any atom is 0.194 e. The summed E-state index contributed by atoms with van der Waals surface area (Å²) in [6, 6.07) is 10.3. The molecular formula is C22H29FN4O3. The van der Waals surface area contributed by atoms with Crippen molar-refractivity contribution >= 4 is 11.6 Å². The van der Waals surface area contributed by atoms with E-state index in [4.69, 9.17) is 14.2 Å². The van der Waals surface area contributed by atoms with E-state index in [1.165, 1.54) is 12.1 Å². The summed E-state index contributed by atoms with van der Waals surface area (Å²) in [5.41, 5.74) is 1.93. The fourth-order valence-corrected chi connectivity index (χ4v) is 3.58. The Morgan fingerprint density at radius 1 is 0.967 bits per heavy atom. The quantitative estimate of drug-likeness (QED) is 0.577. The Labute approximate surface area is 177 Å². The molecule has 0 saturated carbocycles. The summed E-state index contributed by atoms with van der Waals surface area (Å²) in [5.74, 6) is 2.65. The van der Waals surface area contributed by atoms with Crippen LogP contribution in [0.25, 0.3) is 0 Å². The molecule has 1 aliphatic heterocycles. The number of benzene rings is 2. The number of ether oxygens (including phenoxy) is 3. The summed E-state index contributed by atoms with van der Waals surface area (Å²) < 4.78 is 29.5. The van der Waals surface area contributed by atoms with Gasteiger partial charge in [0.05, 0.1) is 33.4 Å². The van der Waals surface area contributed by atoms with E-state index < -0.39 is 0 Å². The highest BCUT2D eigenvalue weighted by Gasteiger charge is 2.21. The van der Waals surface area contributed by atoms with Crippen LogP contribution in [0.15, 0.2) is 41.4 Å². The van der Waals surface area contributed by atoms with Gasteiger partial charge >= 0.3 is 0 Å². The Bertz CT molecular complexity index is 840. The van der Waals surface area contributed by atoms with Crippen LogP contribution in [0, 0.1) is 5.82 Å². The van der Waals surface area contributed by atoms with Gasteiger partial charge in [-0.15, -0.1) is 0 Å². The van der Waals surface area contributed by atoms with Crippen molar-refractivity contribution in [1.29, 1.82) is 0 Å². The van der Waals surface area contributed by atoms with Gasteiger partial charge in [-0.2, -0.15) is 0 Å². The number of guanidine groups is 1. The van der Waals surface area contributed by atoms with Crippen molar-refractivity contribution in [2.45, 2.75) is 6.54 Å². The van der Waals surface area contributed by atoms with Crippen molar-refractivity contribution in [3.63, 3.8) is 0 Å². The van der Waals surface area contributed by atoms with Gasteiger partial charge in [0.15, 0.2) is 5.96 Å². The van der Waals surface area contributed by atoms with Crippen LogP contribution in [-0.2, 0) is 6.54 Å². The zero-order chi connectivity index (χ0) is 21.5. The predicted octanol–water partition coefficient (Wildman–Crippen LogP) is 2.75. The molecule has 1 fully saturated rings. The molecule has 8 heteroatoms. The number of piperazine rings is 1. The first-order valence-electron chi connectivity index (χ1n) is 9.84. The van der Waals surface area contributed by atoms with Crippen LogP contribution in [0.5, 0.6) is 17.2 Å². The zero-order valence-electron chi connectivity index (χ0n) is 17.9. The van der Waals surface area contributed by atoms with E-state index in [-0.39, 0.29) is 5.82 Å².